The van der Waals surface area contributed by atoms with Crippen molar-refractivity contribution >= 4 is 22.9 Å². The number of anilines is 1. The highest BCUT2D eigenvalue weighted by Crippen LogP contribution is 2.18. The van der Waals surface area contributed by atoms with Gasteiger partial charge in [-0.1, -0.05) is 12.2 Å². The SMILES string of the molecule is Cc1cc(NCC2CCCN(C)C2)ccc1C(N)=S. The van der Waals surface area contributed by atoms with Gasteiger partial charge in [0, 0.05) is 24.3 Å². The fraction of sp³-hybridized carbons (Fsp3) is 0.533. The van der Waals surface area contributed by atoms with Gasteiger partial charge in [-0.25, -0.2) is 0 Å². The van der Waals surface area contributed by atoms with Gasteiger partial charge in [0.2, 0.25) is 0 Å². The molecule has 0 aromatic heterocycles. The van der Waals surface area contributed by atoms with Crippen LogP contribution in [-0.2, 0) is 0 Å². The summed E-state index contributed by atoms with van der Waals surface area (Å²) in [5.41, 5.74) is 8.94. The molecule has 1 fully saturated rings. The Morgan fingerprint density at radius 2 is 2.32 bits per heavy atom. The second-order valence-electron chi connectivity index (χ2n) is 5.55. The first-order chi connectivity index (χ1) is 9.06. The summed E-state index contributed by atoms with van der Waals surface area (Å²) >= 11 is 5.02. The van der Waals surface area contributed by atoms with Crippen LogP contribution in [0.1, 0.15) is 24.0 Å². The highest BCUT2D eigenvalue weighted by molar-refractivity contribution is 7.80. The van der Waals surface area contributed by atoms with Crippen molar-refractivity contribution in [1.29, 1.82) is 0 Å². The molecule has 1 heterocycles. The highest BCUT2D eigenvalue weighted by atomic mass is 32.1. The molecule has 0 aliphatic carbocycles. The van der Waals surface area contributed by atoms with Crippen molar-refractivity contribution in [2.75, 3.05) is 32.0 Å². The molecule has 1 aromatic carbocycles. The molecule has 0 radical (unpaired) electrons. The first kappa shape index (κ1) is 14.3. The molecule has 1 aromatic rings. The van der Waals surface area contributed by atoms with Crippen LogP contribution in [0.5, 0.6) is 0 Å². The molecule has 1 unspecified atom stereocenters. The lowest BCUT2D eigenvalue weighted by Crippen LogP contribution is -2.35. The molecule has 3 N–H and O–H groups in total. The minimum atomic E-state index is 0.470. The summed E-state index contributed by atoms with van der Waals surface area (Å²) in [6.07, 6.45) is 2.63. The van der Waals surface area contributed by atoms with Crippen molar-refractivity contribution < 1.29 is 0 Å². The number of nitrogens with one attached hydrogen (secondary N) is 1. The van der Waals surface area contributed by atoms with Gasteiger partial charge in [-0.2, -0.15) is 0 Å². The summed E-state index contributed by atoms with van der Waals surface area (Å²) in [6, 6.07) is 6.20. The summed E-state index contributed by atoms with van der Waals surface area (Å²) in [7, 11) is 2.20. The molecule has 0 spiro atoms. The second kappa shape index (κ2) is 6.35. The van der Waals surface area contributed by atoms with E-state index in [1.165, 1.54) is 25.9 Å². The van der Waals surface area contributed by atoms with E-state index < -0.39 is 0 Å². The molecule has 1 aliphatic heterocycles. The van der Waals surface area contributed by atoms with Gasteiger partial charge < -0.3 is 16.0 Å². The molecule has 1 atom stereocenters. The number of likely N-dealkylation sites (tertiary alicyclic amines) is 1. The molecule has 1 saturated heterocycles. The maximum atomic E-state index is 5.68. The second-order valence-corrected chi connectivity index (χ2v) is 5.99. The minimum absolute atomic E-state index is 0.470. The van der Waals surface area contributed by atoms with Crippen LogP contribution in [-0.4, -0.2) is 36.6 Å². The first-order valence-electron chi connectivity index (χ1n) is 6.89. The van der Waals surface area contributed by atoms with E-state index in [-0.39, 0.29) is 0 Å². The number of nitrogens with two attached hydrogens (primary N) is 1. The molecule has 0 saturated carbocycles. The number of rotatable bonds is 4. The minimum Gasteiger partial charge on any atom is -0.389 e. The Kier molecular flexibility index (Phi) is 4.77. The predicted octanol–water partition coefficient (Wildman–Crippen LogP) is 2.38. The monoisotopic (exact) mass is 277 g/mol. The summed E-state index contributed by atoms with van der Waals surface area (Å²) in [4.78, 5) is 2.88. The average Bonchev–Trinajstić information content (AvgIpc) is 2.36. The predicted molar refractivity (Wildman–Crippen MR) is 85.8 cm³/mol. The molecule has 0 bridgehead atoms. The van der Waals surface area contributed by atoms with Gasteiger partial charge in [0.1, 0.15) is 4.99 Å². The molecule has 3 nitrogen and oxygen atoms in total. The summed E-state index contributed by atoms with van der Waals surface area (Å²) < 4.78 is 0. The van der Waals surface area contributed by atoms with E-state index in [0.29, 0.717) is 4.99 Å². The van der Waals surface area contributed by atoms with Gasteiger partial charge in [-0.3, -0.25) is 0 Å². The topological polar surface area (TPSA) is 41.3 Å². The number of hydrogen-bond donors (Lipinski definition) is 2. The molecule has 104 valence electrons. The van der Waals surface area contributed by atoms with Crippen molar-refractivity contribution in [1.82, 2.24) is 4.90 Å². The van der Waals surface area contributed by atoms with E-state index in [0.717, 1.165) is 29.3 Å². The number of benzene rings is 1. The Bertz CT molecular complexity index is 459. The van der Waals surface area contributed by atoms with Crippen LogP contribution >= 0.6 is 12.2 Å². The highest BCUT2D eigenvalue weighted by Gasteiger charge is 2.16. The van der Waals surface area contributed by atoms with Crippen LogP contribution in [0, 0.1) is 12.8 Å². The van der Waals surface area contributed by atoms with Crippen molar-refractivity contribution in [2.45, 2.75) is 19.8 Å². The summed E-state index contributed by atoms with van der Waals surface area (Å²) in [5.74, 6) is 0.745. The zero-order chi connectivity index (χ0) is 13.8. The number of hydrogen-bond acceptors (Lipinski definition) is 3. The third kappa shape index (κ3) is 3.91. The fourth-order valence-electron chi connectivity index (χ4n) is 2.75. The third-order valence-corrected chi connectivity index (χ3v) is 4.03. The van der Waals surface area contributed by atoms with E-state index >= 15 is 0 Å². The van der Waals surface area contributed by atoms with Crippen molar-refractivity contribution in [3.63, 3.8) is 0 Å². The van der Waals surface area contributed by atoms with Gasteiger partial charge >= 0.3 is 0 Å². The lowest BCUT2D eigenvalue weighted by atomic mass is 9.98. The van der Waals surface area contributed by atoms with Crippen LogP contribution in [0.15, 0.2) is 18.2 Å². The van der Waals surface area contributed by atoms with E-state index in [1.807, 2.05) is 13.0 Å². The smallest absolute Gasteiger partial charge is 0.104 e. The van der Waals surface area contributed by atoms with Crippen LogP contribution in [0.2, 0.25) is 0 Å². The standard InChI is InChI=1S/C15H23N3S/c1-11-8-13(5-6-14(11)15(16)19)17-9-12-4-3-7-18(2)10-12/h5-6,8,12,17H,3-4,7,9-10H2,1-2H3,(H2,16,19). The van der Waals surface area contributed by atoms with Crippen LogP contribution in [0.25, 0.3) is 0 Å². The van der Waals surface area contributed by atoms with Gasteiger partial charge in [0.05, 0.1) is 0 Å². The van der Waals surface area contributed by atoms with Gasteiger partial charge in [-0.15, -0.1) is 0 Å². The Balaban J connectivity index is 1.92. The number of aryl methyl sites for hydroxylation is 1. The molecule has 1 aliphatic rings. The third-order valence-electron chi connectivity index (χ3n) is 3.81. The largest absolute Gasteiger partial charge is 0.389 e. The molecular formula is C15H23N3S. The van der Waals surface area contributed by atoms with Crippen molar-refractivity contribution in [3.8, 4) is 0 Å². The van der Waals surface area contributed by atoms with E-state index in [4.69, 9.17) is 18.0 Å². The molecule has 0 amide bonds. The zero-order valence-corrected chi connectivity index (χ0v) is 12.6. The van der Waals surface area contributed by atoms with Gasteiger partial charge in [0.25, 0.3) is 0 Å². The van der Waals surface area contributed by atoms with Crippen LogP contribution in [0.3, 0.4) is 0 Å². The Morgan fingerprint density at radius 3 is 2.95 bits per heavy atom. The number of piperidine rings is 1. The van der Waals surface area contributed by atoms with Crippen molar-refractivity contribution in [2.24, 2.45) is 11.7 Å². The molecule has 2 rings (SSSR count). The Labute approximate surface area is 121 Å². The zero-order valence-electron chi connectivity index (χ0n) is 11.8. The van der Waals surface area contributed by atoms with Crippen molar-refractivity contribution in [3.05, 3.63) is 29.3 Å². The first-order valence-corrected chi connectivity index (χ1v) is 7.30. The van der Waals surface area contributed by atoms with E-state index in [1.54, 1.807) is 0 Å². The molecule has 19 heavy (non-hydrogen) atoms. The van der Waals surface area contributed by atoms with Crippen LogP contribution < -0.4 is 11.1 Å². The summed E-state index contributed by atoms with van der Waals surface area (Å²) in [6.45, 7) is 5.51. The average molecular weight is 277 g/mol. The Morgan fingerprint density at radius 1 is 1.53 bits per heavy atom. The maximum absolute atomic E-state index is 5.68. The number of thiocarbonyl (C=S) groups is 1. The normalized spacial score (nSPS) is 20.2. The Hall–Kier alpha value is -1.13. The maximum Gasteiger partial charge on any atom is 0.104 e. The quantitative estimate of drug-likeness (QED) is 0.829. The van der Waals surface area contributed by atoms with Gasteiger partial charge in [0.15, 0.2) is 0 Å². The van der Waals surface area contributed by atoms with E-state index in [9.17, 15) is 0 Å². The molecule has 4 heteroatoms. The number of nitrogens with zero attached hydrogens (tertiary/aromatic N) is 1. The van der Waals surface area contributed by atoms with E-state index in [2.05, 4.69) is 29.4 Å². The van der Waals surface area contributed by atoms with Crippen LogP contribution in [0.4, 0.5) is 5.69 Å². The summed E-state index contributed by atoms with van der Waals surface area (Å²) in [5, 5.41) is 3.53. The fourth-order valence-corrected chi connectivity index (χ4v) is 2.98. The lowest BCUT2D eigenvalue weighted by molar-refractivity contribution is 0.217. The lowest BCUT2D eigenvalue weighted by Gasteiger charge is -2.30. The molecular weight excluding hydrogens is 254 g/mol. The van der Waals surface area contributed by atoms with Gasteiger partial charge in [-0.05, 0) is 63.0 Å².